The van der Waals surface area contributed by atoms with Crippen LogP contribution in [0.2, 0.25) is 0 Å². The molecule has 0 amide bonds. The number of rotatable bonds is 8. The summed E-state index contributed by atoms with van der Waals surface area (Å²) in [5.41, 5.74) is 4.09. The molecule has 0 aliphatic rings. The first kappa shape index (κ1) is 23.4. The Kier molecular flexibility index (Phi) is 7.54. The van der Waals surface area contributed by atoms with Gasteiger partial charge in [0.2, 0.25) is 0 Å². The first-order chi connectivity index (χ1) is 15.3. The van der Waals surface area contributed by atoms with E-state index in [0.717, 1.165) is 22.5 Å². The van der Waals surface area contributed by atoms with E-state index in [1.165, 1.54) is 0 Å². The van der Waals surface area contributed by atoms with Gasteiger partial charge in [0.05, 0.1) is 4.90 Å². The summed E-state index contributed by atoms with van der Waals surface area (Å²) in [5.74, 6) is 0. The van der Waals surface area contributed by atoms with Crippen molar-refractivity contribution in [3.63, 3.8) is 0 Å². The van der Waals surface area contributed by atoms with Gasteiger partial charge in [-0.25, -0.2) is 8.42 Å². The van der Waals surface area contributed by atoms with Crippen molar-refractivity contribution in [2.45, 2.75) is 10.1 Å². The van der Waals surface area contributed by atoms with Gasteiger partial charge in [0.15, 0.2) is 9.84 Å². The van der Waals surface area contributed by atoms with Gasteiger partial charge >= 0.3 is 0 Å². The smallest absolute Gasteiger partial charge is 0.188 e. The number of benzene rings is 3. The van der Waals surface area contributed by atoms with Gasteiger partial charge in [-0.1, -0.05) is 66.8 Å². The molecule has 0 spiro atoms. The lowest BCUT2D eigenvalue weighted by Crippen LogP contribution is -2.16. The van der Waals surface area contributed by atoms with Crippen LogP contribution in [0, 0.1) is 0 Å². The Bertz CT molecular complexity index is 1100. The molecular formula is C27H30N2O2S. The summed E-state index contributed by atoms with van der Waals surface area (Å²) < 4.78 is 26.7. The molecule has 3 rings (SSSR count). The summed E-state index contributed by atoms with van der Waals surface area (Å²) in [4.78, 5) is 4.37. The molecule has 0 N–H and O–H groups in total. The molecule has 0 radical (unpaired) electrons. The standard InChI is InChI=1S/C27H30N2O2S/c1-28(2)24-16-10-22(11-17-24)14-20-27(32(30,31)26-8-6-5-7-9-26)21-15-23-12-18-25(19-13-23)29(3)4/h5-21,27H,1-4H3/b20-14+,21-15+. The molecule has 0 saturated carbocycles. The summed E-state index contributed by atoms with van der Waals surface area (Å²) in [7, 11) is 4.38. The van der Waals surface area contributed by atoms with Gasteiger partial charge in [-0.3, -0.25) is 0 Å². The molecule has 5 heteroatoms. The van der Waals surface area contributed by atoms with E-state index >= 15 is 0 Å². The van der Waals surface area contributed by atoms with E-state index in [1.807, 2.05) is 105 Å². The normalized spacial score (nSPS) is 12.0. The van der Waals surface area contributed by atoms with Crippen LogP contribution >= 0.6 is 0 Å². The van der Waals surface area contributed by atoms with Crippen molar-refractivity contribution in [1.82, 2.24) is 0 Å². The zero-order chi connectivity index (χ0) is 23.1. The second-order valence-corrected chi connectivity index (χ2v) is 10.1. The van der Waals surface area contributed by atoms with Crippen LogP contribution in [-0.2, 0) is 9.84 Å². The number of sulfone groups is 1. The molecule has 0 fully saturated rings. The van der Waals surface area contributed by atoms with Crippen LogP contribution in [0.5, 0.6) is 0 Å². The Hall–Kier alpha value is -3.31. The van der Waals surface area contributed by atoms with Crippen molar-refractivity contribution < 1.29 is 8.42 Å². The second-order valence-electron chi connectivity index (χ2n) is 8.01. The highest BCUT2D eigenvalue weighted by molar-refractivity contribution is 7.92. The maximum absolute atomic E-state index is 13.3. The third kappa shape index (κ3) is 5.89. The van der Waals surface area contributed by atoms with Crippen LogP contribution < -0.4 is 9.80 Å². The number of hydrogen-bond donors (Lipinski definition) is 0. The molecule has 0 aromatic heterocycles. The van der Waals surface area contributed by atoms with Crippen molar-refractivity contribution in [3.8, 4) is 0 Å². The molecular weight excluding hydrogens is 416 g/mol. The Morgan fingerprint density at radius 3 is 1.41 bits per heavy atom. The minimum Gasteiger partial charge on any atom is -0.378 e. The van der Waals surface area contributed by atoms with Crippen LogP contribution in [-0.4, -0.2) is 41.9 Å². The van der Waals surface area contributed by atoms with Crippen molar-refractivity contribution in [3.05, 3.63) is 102 Å². The van der Waals surface area contributed by atoms with E-state index in [-0.39, 0.29) is 0 Å². The van der Waals surface area contributed by atoms with Crippen LogP contribution in [0.1, 0.15) is 11.1 Å². The first-order valence-electron chi connectivity index (χ1n) is 10.5. The molecule has 3 aromatic carbocycles. The fraction of sp³-hybridized carbons (Fsp3) is 0.185. The maximum Gasteiger partial charge on any atom is 0.188 e. The highest BCUT2D eigenvalue weighted by Crippen LogP contribution is 2.21. The van der Waals surface area contributed by atoms with E-state index in [4.69, 9.17) is 0 Å². The monoisotopic (exact) mass is 446 g/mol. The molecule has 4 nitrogen and oxygen atoms in total. The van der Waals surface area contributed by atoms with E-state index in [2.05, 4.69) is 0 Å². The predicted octanol–water partition coefficient (Wildman–Crippen LogP) is 5.39. The van der Waals surface area contributed by atoms with E-state index in [9.17, 15) is 8.42 Å². The molecule has 166 valence electrons. The average Bonchev–Trinajstić information content (AvgIpc) is 2.80. The lowest BCUT2D eigenvalue weighted by Gasteiger charge is -2.13. The highest BCUT2D eigenvalue weighted by atomic mass is 32.2. The molecule has 0 atom stereocenters. The molecule has 0 aliphatic heterocycles. The quantitative estimate of drug-likeness (QED) is 0.465. The fourth-order valence-electron chi connectivity index (χ4n) is 3.22. The predicted molar refractivity (Wildman–Crippen MR) is 137 cm³/mol. The van der Waals surface area contributed by atoms with Gasteiger partial charge < -0.3 is 9.80 Å². The second kappa shape index (κ2) is 10.3. The molecule has 0 bridgehead atoms. The first-order valence-corrected chi connectivity index (χ1v) is 12.0. The Labute approximate surface area is 192 Å². The zero-order valence-corrected chi connectivity index (χ0v) is 19.8. The summed E-state index contributed by atoms with van der Waals surface area (Å²) in [6, 6.07) is 24.6. The molecule has 0 saturated heterocycles. The number of nitrogens with zero attached hydrogens (tertiary/aromatic N) is 2. The van der Waals surface area contributed by atoms with E-state index in [1.54, 1.807) is 36.4 Å². The fourth-order valence-corrected chi connectivity index (χ4v) is 4.64. The van der Waals surface area contributed by atoms with Crippen LogP contribution in [0.15, 0.2) is 95.9 Å². The Morgan fingerprint density at radius 1 is 0.625 bits per heavy atom. The third-order valence-electron chi connectivity index (χ3n) is 5.21. The van der Waals surface area contributed by atoms with Gasteiger partial charge in [-0.2, -0.15) is 0 Å². The maximum atomic E-state index is 13.3. The van der Waals surface area contributed by atoms with Gasteiger partial charge in [0.25, 0.3) is 0 Å². The number of anilines is 2. The van der Waals surface area contributed by atoms with Gasteiger partial charge in [0.1, 0.15) is 5.25 Å². The minimum absolute atomic E-state index is 0.310. The van der Waals surface area contributed by atoms with Gasteiger partial charge in [-0.15, -0.1) is 0 Å². The highest BCUT2D eigenvalue weighted by Gasteiger charge is 2.22. The largest absolute Gasteiger partial charge is 0.378 e. The molecule has 0 unspecified atom stereocenters. The SMILES string of the molecule is CN(C)c1ccc(/C=C/C(/C=C/c2ccc(N(C)C)cc2)S(=O)(=O)c2ccccc2)cc1. The Morgan fingerprint density at radius 2 is 1.03 bits per heavy atom. The Balaban J connectivity index is 1.92. The van der Waals surface area contributed by atoms with Crippen molar-refractivity contribution in [2.24, 2.45) is 0 Å². The molecule has 0 heterocycles. The topological polar surface area (TPSA) is 40.6 Å². The summed E-state index contributed by atoms with van der Waals surface area (Å²) >= 11 is 0. The van der Waals surface area contributed by atoms with Crippen molar-refractivity contribution >= 4 is 33.4 Å². The van der Waals surface area contributed by atoms with Gasteiger partial charge in [-0.05, 0) is 47.5 Å². The van der Waals surface area contributed by atoms with Crippen LogP contribution in [0.25, 0.3) is 12.2 Å². The number of hydrogen-bond acceptors (Lipinski definition) is 4. The van der Waals surface area contributed by atoms with Crippen LogP contribution in [0.3, 0.4) is 0 Å². The summed E-state index contributed by atoms with van der Waals surface area (Å²) in [6.45, 7) is 0. The molecule has 32 heavy (non-hydrogen) atoms. The van der Waals surface area contributed by atoms with E-state index < -0.39 is 15.1 Å². The minimum atomic E-state index is -3.57. The summed E-state index contributed by atoms with van der Waals surface area (Å²) in [5, 5.41) is -0.785. The molecule has 3 aromatic rings. The van der Waals surface area contributed by atoms with Crippen LogP contribution in [0.4, 0.5) is 11.4 Å². The lowest BCUT2D eigenvalue weighted by molar-refractivity contribution is 0.594. The third-order valence-corrected chi connectivity index (χ3v) is 7.17. The van der Waals surface area contributed by atoms with Gasteiger partial charge in [0, 0.05) is 39.6 Å². The zero-order valence-electron chi connectivity index (χ0n) is 19.0. The van der Waals surface area contributed by atoms with E-state index in [0.29, 0.717) is 4.90 Å². The van der Waals surface area contributed by atoms with Crippen molar-refractivity contribution in [2.75, 3.05) is 38.0 Å². The lowest BCUT2D eigenvalue weighted by atomic mass is 10.1. The summed E-state index contributed by atoms with van der Waals surface area (Å²) in [6.07, 6.45) is 7.23. The van der Waals surface area contributed by atoms with Crippen molar-refractivity contribution in [1.29, 1.82) is 0 Å². The molecule has 0 aliphatic carbocycles. The average molecular weight is 447 g/mol.